The van der Waals surface area contributed by atoms with E-state index in [4.69, 9.17) is 15.2 Å². The minimum absolute atomic E-state index is 0.0279. The summed E-state index contributed by atoms with van der Waals surface area (Å²) in [7, 11) is 0. The first kappa shape index (κ1) is 14.0. The second-order valence-electron chi connectivity index (χ2n) is 4.94. The molecule has 96 valence electrons. The van der Waals surface area contributed by atoms with Crippen molar-refractivity contribution in [2.75, 3.05) is 6.61 Å². The minimum atomic E-state index is -0.478. The van der Waals surface area contributed by atoms with Crippen LogP contribution in [-0.2, 0) is 4.74 Å². The predicted octanol–water partition coefficient (Wildman–Crippen LogP) is 2.43. The molecule has 2 N–H and O–H groups in total. The molecule has 4 nitrogen and oxygen atoms in total. The molecule has 1 rings (SSSR count). The molecule has 0 amide bonds. The van der Waals surface area contributed by atoms with Crippen molar-refractivity contribution in [3.8, 4) is 5.75 Å². The first-order valence-electron chi connectivity index (χ1n) is 5.48. The second-order valence-corrected chi connectivity index (χ2v) is 5.85. The van der Waals surface area contributed by atoms with Gasteiger partial charge in [-0.3, -0.25) is 0 Å². The number of rotatable bonds is 4. The van der Waals surface area contributed by atoms with E-state index >= 15 is 0 Å². The molecular formula is C12H19NO3S. The maximum atomic E-state index is 11.7. The third-order valence-electron chi connectivity index (χ3n) is 1.69. The maximum Gasteiger partial charge on any atom is 0.348 e. The zero-order chi connectivity index (χ0) is 13.1. The Hall–Kier alpha value is -1.07. The van der Waals surface area contributed by atoms with E-state index in [2.05, 4.69) is 0 Å². The van der Waals surface area contributed by atoms with Crippen LogP contribution in [0.3, 0.4) is 0 Å². The molecule has 0 fully saturated rings. The van der Waals surface area contributed by atoms with Gasteiger partial charge in [0.1, 0.15) is 22.8 Å². The topological polar surface area (TPSA) is 61.5 Å². The van der Waals surface area contributed by atoms with E-state index in [1.54, 1.807) is 11.4 Å². The largest absolute Gasteiger partial charge is 0.491 e. The highest BCUT2D eigenvalue weighted by atomic mass is 32.1. The van der Waals surface area contributed by atoms with Crippen LogP contribution in [-0.4, -0.2) is 24.2 Å². The van der Waals surface area contributed by atoms with Crippen LogP contribution in [0.15, 0.2) is 11.4 Å². The Bertz CT molecular complexity index is 379. The summed E-state index contributed by atoms with van der Waals surface area (Å²) in [4.78, 5) is 12.3. The van der Waals surface area contributed by atoms with Gasteiger partial charge in [0.2, 0.25) is 0 Å². The van der Waals surface area contributed by atoms with Crippen molar-refractivity contribution in [1.82, 2.24) is 0 Å². The van der Waals surface area contributed by atoms with Crippen LogP contribution in [0.25, 0.3) is 0 Å². The fraction of sp³-hybridized carbons (Fsp3) is 0.583. The van der Waals surface area contributed by atoms with Crippen LogP contribution in [0.1, 0.15) is 37.4 Å². The summed E-state index contributed by atoms with van der Waals surface area (Å²) >= 11 is 1.31. The van der Waals surface area contributed by atoms with Crippen molar-refractivity contribution < 1.29 is 14.3 Å². The van der Waals surface area contributed by atoms with Gasteiger partial charge in [-0.15, -0.1) is 11.3 Å². The quantitative estimate of drug-likeness (QED) is 0.841. The number of thiophene rings is 1. The summed E-state index contributed by atoms with van der Waals surface area (Å²) in [6.45, 7) is 7.82. The normalized spacial score (nSPS) is 13.2. The average molecular weight is 257 g/mol. The van der Waals surface area contributed by atoms with E-state index in [0.29, 0.717) is 17.2 Å². The molecule has 0 radical (unpaired) electrons. The van der Waals surface area contributed by atoms with Gasteiger partial charge >= 0.3 is 5.97 Å². The number of carbonyl (C=O) groups excluding carboxylic acids is 1. The van der Waals surface area contributed by atoms with Gasteiger partial charge in [-0.05, 0) is 27.7 Å². The van der Waals surface area contributed by atoms with Crippen molar-refractivity contribution in [3.05, 3.63) is 16.3 Å². The zero-order valence-corrected chi connectivity index (χ0v) is 11.5. The highest BCUT2D eigenvalue weighted by Crippen LogP contribution is 2.24. The lowest BCUT2D eigenvalue weighted by atomic mass is 10.2. The average Bonchev–Trinajstić information content (AvgIpc) is 2.60. The maximum absolute atomic E-state index is 11.7. The number of hydrogen-bond donors (Lipinski definition) is 1. The highest BCUT2D eigenvalue weighted by Gasteiger charge is 2.19. The Morgan fingerprint density at radius 2 is 2.18 bits per heavy atom. The zero-order valence-electron chi connectivity index (χ0n) is 10.6. The van der Waals surface area contributed by atoms with Gasteiger partial charge in [0.05, 0.1) is 0 Å². The molecule has 0 saturated heterocycles. The molecule has 0 aliphatic carbocycles. The molecule has 0 bridgehead atoms. The Labute approximate surface area is 106 Å². The van der Waals surface area contributed by atoms with Gasteiger partial charge in [-0.25, -0.2) is 4.79 Å². The van der Waals surface area contributed by atoms with E-state index in [1.165, 1.54) is 11.3 Å². The SMILES string of the molecule is CC(N)COc1csc(C(=O)OC(C)(C)C)c1. The molecule has 1 atom stereocenters. The van der Waals surface area contributed by atoms with Crippen LogP contribution >= 0.6 is 11.3 Å². The summed E-state index contributed by atoms with van der Waals surface area (Å²) < 4.78 is 10.7. The van der Waals surface area contributed by atoms with Crippen LogP contribution in [0.4, 0.5) is 0 Å². The van der Waals surface area contributed by atoms with Gasteiger partial charge < -0.3 is 15.2 Å². The Morgan fingerprint density at radius 1 is 1.53 bits per heavy atom. The molecule has 0 aliphatic rings. The van der Waals surface area contributed by atoms with Crippen LogP contribution in [0, 0.1) is 0 Å². The third kappa shape index (κ3) is 5.19. The summed E-state index contributed by atoms with van der Waals surface area (Å²) in [5.74, 6) is 0.339. The molecule has 5 heteroatoms. The number of hydrogen-bond acceptors (Lipinski definition) is 5. The number of carbonyl (C=O) groups is 1. The van der Waals surface area contributed by atoms with E-state index < -0.39 is 5.60 Å². The summed E-state index contributed by atoms with van der Waals surface area (Å²) in [5.41, 5.74) is 5.10. The molecule has 1 aromatic heterocycles. The second kappa shape index (κ2) is 5.51. The lowest BCUT2D eigenvalue weighted by molar-refractivity contribution is 0.00750. The summed E-state index contributed by atoms with van der Waals surface area (Å²) in [6, 6.07) is 1.65. The van der Waals surface area contributed by atoms with Crippen LogP contribution < -0.4 is 10.5 Å². The highest BCUT2D eigenvalue weighted by molar-refractivity contribution is 7.12. The summed E-state index contributed by atoms with van der Waals surface area (Å²) in [5, 5.41) is 1.78. The van der Waals surface area contributed by atoms with Crippen molar-refractivity contribution in [1.29, 1.82) is 0 Å². The molecule has 17 heavy (non-hydrogen) atoms. The molecule has 1 aromatic rings. The van der Waals surface area contributed by atoms with Crippen LogP contribution in [0.2, 0.25) is 0 Å². The lowest BCUT2D eigenvalue weighted by Crippen LogP contribution is -2.23. The fourth-order valence-corrected chi connectivity index (χ4v) is 1.76. The fourth-order valence-electron chi connectivity index (χ4n) is 1.06. The number of esters is 1. The van der Waals surface area contributed by atoms with Crippen molar-refractivity contribution in [2.24, 2.45) is 5.73 Å². The lowest BCUT2D eigenvalue weighted by Gasteiger charge is -2.18. The molecule has 0 aliphatic heterocycles. The predicted molar refractivity (Wildman–Crippen MR) is 68.6 cm³/mol. The van der Waals surface area contributed by atoms with E-state index in [-0.39, 0.29) is 12.0 Å². The minimum Gasteiger partial charge on any atom is -0.491 e. The van der Waals surface area contributed by atoms with E-state index in [0.717, 1.165) is 0 Å². The Balaban J connectivity index is 2.58. The standard InChI is InChI=1S/C12H19NO3S/c1-8(13)6-15-9-5-10(17-7-9)11(14)16-12(2,3)4/h5,7-8H,6,13H2,1-4H3. The molecule has 0 saturated carbocycles. The van der Waals surface area contributed by atoms with Gasteiger partial charge in [-0.2, -0.15) is 0 Å². The Kier molecular flexibility index (Phi) is 4.54. The van der Waals surface area contributed by atoms with Gasteiger partial charge in [0, 0.05) is 17.5 Å². The van der Waals surface area contributed by atoms with Crippen LogP contribution in [0.5, 0.6) is 5.75 Å². The molecule has 1 heterocycles. The van der Waals surface area contributed by atoms with E-state index in [1.807, 2.05) is 27.7 Å². The molecule has 1 unspecified atom stereocenters. The summed E-state index contributed by atoms with van der Waals surface area (Å²) in [6.07, 6.45) is 0. The molecular weight excluding hydrogens is 238 g/mol. The van der Waals surface area contributed by atoms with E-state index in [9.17, 15) is 4.79 Å². The first-order chi connectivity index (χ1) is 7.78. The number of ether oxygens (including phenoxy) is 2. The van der Waals surface area contributed by atoms with Gasteiger partial charge in [0.25, 0.3) is 0 Å². The van der Waals surface area contributed by atoms with Crippen molar-refractivity contribution >= 4 is 17.3 Å². The van der Waals surface area contributed by atoms with Gasteiger partial charge in [-0.1, -0.05) is 0 Å². The molecule has 0 spiro atoms. The Morgan fingerprint density at radius 3 is 2.71 bits per heavy atom. The van der Waals surface area contributed by atoms with Gasteiger partial charge in [0.15, 0.2) is 0 Å². The van der Waals surface area contributed by atoms with Crippen molar-refractivity contribution in [3.63, 3.8) is 0 Å². The first-order valence-corrected chi connectivity index (χ1v) is 6.36. The molecule has 0 aromatic carbocycles. The monoisotopic (exact) mass is 257 g/mol. The van der Waals surface area contributed by atoms with Crippen molar-refractivity contribution in [2.45, 2.75) is 39.3 Å². The number of nitrogens with two attached hydrogens (primary N) is 1. The third-order valence-corrected chi connectivity index (χ3v) is 2.58. The smallest absolute Gasteiger partial charge is 0.348 e.